The molecule has 0 aliphatic rings. The molecule has 2 heteroatoms. The number of hydrogen-bond acceptors (Lipinski definition) is 2. The number of rotatable bonds is 5. The molecular weight excluding hydrogens is 178 g/mol. The van der Waals surface area contributed by atoms with Crippen molar-refractivity contribution >= 4 is 18.8 Å². The third kappa shape index (κ3) is 4.51. The van der Waals surface area contributed by atoms with E-state index in [1.54, 1.807) is 0 Å². The Hall–Kier alpha value is -0.240. The summed E-state index contributed by atoms with van der Waals surface area (Å²) >= 11 is 4.44. The smallest absolute Gasteiger partial charge is 0.0516 e. The van der Waals surface area contributed by atoms with Gasteiger partial charge < -0.3 is 0 Å². The minimum Gasteiger partial charge on any atom is -0.265 e. The zero-order valence-corrected chi connectivity index (χ0v) is 10.1. The van der Waals surface area contributed by atoms with Gasteiger partial charge in [-0.05, 0) is 32.3 Å². The van der Waals surface area contributed by atoms with Gasteiger partial charge in [-0.25, -0.2) is 0 Å². The molecule has 0 aliphatic carbocycles. The van der Waals surface area contributed by atoms with Crippen LogP contribution in [0.1, 0.15) is 47.0 Å². The number of nitrogens with zero attached hydrogens (tertiary/aromatic N) is 1. The lowest BCUT2D eigenvalue weighted by Crippen LogP contribution is -2.00. The molecule has 0 aromatic rings. The van der Waals surface area contributed by atoms with Crippen LogP contribution in [0.4, 0.5) is 0 Å². The zero-order chi connectivity index (χ0) is 10.3. The van der Waals surface area contributed by atoms with Gasteiger partial charge in [-0.15, -0.1) is 0 Å². The van der Waals surface area contributed by atoms with Crippen molar-refractivity contribution in [3.8, 4) is 0 Å². The third-order valence-electron chi connectivity index (χ3n) is 2.00. The van der Waals surface area contributed by atoms with E-state index in [1.807, 2.05) is 13.1 Å². The lowest BCUT2D eigenvalue weighted by molar-refractivity contribution is 0.826. The predicted octanol–water partition coefficient (Wildman–Crippen LogP) is 3.86. The van der Waals surface area contributed by atoms with E-state index < -0.39 is 0 Å². The highest BCUT2D eigenvalue weighted by molar-refractivity contribution is 7.81. The Kier molecular flexibility index (Phi) is 7.06. The van der Waals surface area contributed by atoms with E-state index in [-0.39, 0.29) is 5.25 Å². The summed E-state index contributed by atoms with van der Waals surface area (Å²) in [5.41, 5.74) is 2.61. The molecule has 0 amide bonds. The summed E-state index contributed by atoms with van der Waals surface area (Å²) in [4.78, 5) is 4.39. The van der Waals surface area contributed by atoms with Gasteiger partial charge in [-0.1, -0.05) is 20.3 Å². The summed E-state index contributed by atoms with van der Waals surface area (Å²) < 4.78 is 0. The average Bonchev–Trinajstić information content (AvgIpc) is 2.10. The quantitative estimate of drug-likeness (QED) is 0.510. The lowest BCUT2D eigenvalue weighted by atomic mass is 10.0. The molecule has 76 valence electrons. The number of allylic oxidation sites excluding steroid dienone is 1. The van der Waals surface area contributed by atoms with Gasteiger partial charge in [0.05, 0.1) is 5.70 Å². The Bertz CT molecular complexity index is 192. The van der Waals surface area contributed by atoms with Crippen LogP contribution in [0.15, 0.2) is 16.3 Å². The van der Waals surface area contributed by atoms with Gasteiger partial charge in [-0.2, -0.15) is 12.6 Å². The minimum atomic E-state index is 0.248. The Morgan fingerprint density at radius 1 is 1.46 bits per heavy atom. The van der Waals surface area contributed by atoms with Gasteiger partial charge in [0.1, 0.15) is 0 Å². The van der Waals surface area contributed by atoms with Crippen LogP contribution >= 0.6 is 12.6 Å². The molecule has 0 heterocycles. The Labute approximate surface area is 87.7 Å². The molecule has 0 aliphatic heterocycles. The average molecular weight is 199 g/mol. The topological polar surface area (TPSA) is 12.4 Å². The fraction of sp³-hybridized carbons (Fsp3) is 0.727. The van der Waals surface area contributed by atoms with E-state index in [1.165, 1.54) is 12.0 Å². The van der Waals surface area contributed by atoms with Gasteiger partial charge in [0.15, 0.2) is 0 Å². The van der Waals surface area contributed by atoms with Crippen molar-refractivity contribution in [1.29, 1.82) is 0 Å². The Morgan fingerprint density at radius 2 is 2.08 bits per heavy atom. The van der Waals surface area contributed by atoms with Crippen molar-refractivity contribution in [3.05, 3.63) is 11.3 Å². The summed E-state index contributed by atoms with van der Waals surface area (Å²) in [6, 6.07) is 0. The van der Waals surface area contributed by atoms with E-state index in [9.17, 15) is 0 Å². The molecule has 1 unspecified atom stereocenters. The fourth-order valence-electron chi connectivity index (χ4n) is 1.42. The largest absolute Gasteiger partial charge is 0.265 e. The molecule has 0 aromatic carbocycles. The van der Waals surface area contributed by atoms with E-state index in [0.29, 0.717) is 0 Å². The van der Waals surface area contributed by atoms with Gasteiger partial charge in [0.25, 0.3) is 0 Å². The molecule has 0 bridgehead atoms. The first-order valence-electron chi connectivity index (χ1n) is 5.05. The highest BCUT2D eigenvalue weighted by Crippen LogP contribution is 2.21. The second-order valence-corrected chi connectivity index (χ2v) is 3.93. The van der Waals surface area contributed by atoms with Gasteiger partial charge >= 0.3 is 0 Å². The van der Waals surface area contributed by atoms with Gasteiger partial charge in [0, 0.05) is 11.5 Å². The Balaban J connectivity index is 4.77. The summed E-state index contributed by atoms with van der Waals surface area (Å²) in [5, 5.41) is 0.248. The maximum atomic E-state index is 4.44. The van der Waals surface area contributed by atoms with Crippen LogP contribution in [0, 0.1) is 0 Å². The summed E-state index contributed by atoms with van der Waals surface area (Å²) in [5.74, 6) is 0. The van der Waals surface area contributed by atoms with Crippen LogP contribution in [0.3, 0.4) is 0 Å². The van der Waals surface area contributed by atoms with Crippen molar-refractivity contribution in [3.63, 3.8) is 0 Å². The van der Waals surface area contributed by atoms with Gasteiger partial charge in [-0.3, -0.25) is 4.99 Å². The number of hydrogen-bond donors (Lipinski definition) is 1. The first-order valence-corrected chi connectivity index (χ1v) is 5.57. The van der Waals surface area contributed by atoms with Crippen molar-refractivity contribution in [2.45, 2.75) is 52.2 Å². The van der Waals surface area contributed by atoms with Crippen LogP contribution in [-0.4, -0.2) is 11.5 Å². The van der Waals surface area contributed by atoms with Crippen molar-refractivity contribution in [2.24, 2.45) is 4.99 Å². The third-order valence-corrected chi connectivity index (χ3v) is 2.25. The normalized spacial score (nSPS) is 16.1. The summed E-state index contributed by atoms with van der Waals surface area (Å²) in [6.07, 6.45) is 5.28. The molecule has 0 saturated carbocycles. The molecule has 0 rings (SSSR count). The fourth-order valence-corrected chi connectivity index (χ4v) is 1.67. The van der Waals surface area contributed by atoms with Crippen molar-refractivity contribution in [1.82, 2.24) is 0 Å². The maximum Gasteiger partial charge on any atom is 0.0516 e. The minimum absolute atomic E-state index is 0.248. The standard InChI is InChI=1S/C11H21NS/c1-5-8-10(6-2)11(9(4)13)12-7-3/h7,9,13H,5-6,8H2,1-4H3/b11-10+,12-7?. The van der Waals surface area contributed by atoms with Crippen LogP contribution < -0.4 is 0 Å². The molecule has 0 fully saturated rings. The van der Waals surface area contributed by atoms with Crippen LogP contribution in [0.5, 0.6) is 0 Å². The highest BCUT2D eigenvalue weighted by Gasteiger charge is 2.07. The summed E-state index contributed by atoms with van der Waals surface area (Å²) in [6.45, 7) is 8.42. The maximum absolute atomic E-state index is 4.44. The predicted molar refractivity (Wildman–Crippen MR) is 64.8 cm³/mol. The van der Waals surface area contributed by atoms with E-state index in [2.05, 4.69) is 38.4 Å². The van der Waals surface area contributed by atoms with Crippen molar-refractivity contribution < 1.29 is 0 Å². The van der Waals surface area contributed by atoms with Crippen LogP contribution in [0.25, 0.3) is 0 Å². The number of aliphatic imine (C=N–C) groups is 1. The molecule has 0 radical (unpaired) electrons. The highest BCUT2D eigenvalue weighted by atomic mass is 32.1. The molecule has 0 spiro atoms. The monoisotopic (exact) mass is 199 g/mol. The van der Waals surface area contributed by atoms with Crippen LogP contribution in [-0.2, 0) is 0 Å². The molecular formula is C11H21NS. The lowest BCUT2D eigenvalue weighted by Gasteiger charge is -2.12. The van der Waals surface area contributed by atoms with Crippen LogP contribution in [0.2, 0.25) is 0 Å². The Morgan fingerprint density at radius 3 is 2.38 bits per heavy atom. The van der Waals surface area contributed by atoms with E-state index in [0.717, 1.165) is 18.5 Å². The van der Waals surface area contributed by atoms with Gasteiger partial charge in [0.2, 0.25) is 0 Å². The zero-order valence-electron chi connectivity index (χ0n) is 9.17. The summed E-state index contributed by atoms with van der Waals surface area (Å²) in [7, 11) is 0. The molecule has 13 heavy (non-hydrogen) atoms. The second-order valence-electron chi connectivity index (χ2n) is 3.16. The molecule has 1 nitrogen and oxygen atoms in total. The molecule has 0 saturated heterocycles. The molecule has 0 N–H and O–H groups in total. The SMILES string of the molecule is CC=N/C(=C(\CC)CCC)C(C)S. The second kappa shape index (κ2) is 7.19. The first kappa shape index (κ1) is 12.8. The van der Waals surface area contributed by atoms with E-state index >= 15 is 0 Å². The van der Waals surface area contributed by atoms with E-state index in [4.69, 9.17) is 0 Å². The number of thiol groups is 1. The molecule has 0 aromatic heterocycles. The molecule has 1 atom stereocenters. The first-order chi connectivity index (χ1) is 6.17. The van der Waals surface area contributed by atoms with Crippen molar-refractivity contribution in [2.75, 3.05) is 0 Å².